The van der Waals surface area contributed by atoms with Crippen LogP contribution in [-0.4, -0.2) is 30.0 Å². The van der Waals surface area contributed by atoms with Gasteiger partial charge in [0.25, 0.3) is 0 Å². The number of aliphatic carboxylic acids is 1. The fraction of sp³-hybridized carbons (Fsp3) is 0.900. The number of ether oxygens (including phenoxy) is 1. The zero-order valence-electron chi connectivity index (χ0n) is 9.60. The summed E-state index contributed by atoms with van der Waals surface area (Å²) in [4.78, 5) is 10.9. The Bertz CT molecular complexity index is 238. The molecule has 96 valence electrons. The average molecular weight is 242 g/mol. The largest absolute Gasteiger partial charge is 0.481 e. The monoisotopic (exact) mass is 242 g/mol. The van der Waals surface area contributed by atoms with Crippen LogP contribution in [0.3, 0.4) is 0 Å². The molecule has 0 heterocycles. The summed E-state index contributed by atoms with van der Waals surface area (Å²) in [5.74, 6) is -1.87. The maximum absolute atomic E-state index is 12.8. The number of carboxylic acids is 1. The molecule has 0 radical (unpaired) electrons. The van der Waals surface area contributed by atoms with Crippen LogP contribution in [0.2, 0.25) is 0 Å². The van der Waals surface area contributed by atoms with Crippen LogP contribution in [0.1, 0.15) is 33.6 Å². The molecule has 0 fully saturated rings. The van der Waals surface area contributed by atoms with Crippen molar-refractivity contribution in [1.29, 1.82) is 0 Å². The highest BCUT2D eigenvalue weighted by molar-refractivity contribution is 5.75. The van der Waals surface area contributed by atoms with Crippen molar-refractivity contribution in [2.75, 3.05) is 6.61 Å². The lowest BCUT2D eigenvalue weighted by Gasteiger charge is -2.31. The maximum atomic E-state index is 12.8. The molecule has 0 saturated heterocycles. The molecule has 0 aromatic carbocycles. The maximum Gasteiger partial charge on any atom is 0.407 e. The summed E-state index contributed by atoms with van der Waals surface area (Å²) in [6, 6.07) is 0. The van der Waals surface area contributed by atoms with Gasteiger partial charge in [-0.15, -0.1) is 0 Å². The highest BCUT2D eigenvalue weighted by Crippen LogP contribution is 2.42. The molecule has 0 aliphatic heterocycles. The Hall–Kier alpha value is -0.780. The molecule has 1 N–H and O–H groups in total. The number of carboxylic acid groups (broad SMARTS) is 1. The Balaban J connectivity index is 5.03. The van der Waals surface area contributed by atoms with E-state index in [-0.39, 0.29) is 6.42 Å². The van der Waals surface area contributed by atoms with Crippen molar-refractivity contribution in [2.45, 2.75) is 45.9 Å². The van der Waals surface area contributed by atoms with E-state index in [1.54, 1.807) is 13.8 Å². The van der Waals surface area contributed by atoms with E-state index in [0.717, 1.165) is 0 Å². The summed E-state index contributed by atoms with van der Waals surface area (Å²) < 4.78 is 43.3. The van der Waals surface area contributed by atoms with Crippen molar-refractivity contribution in [3.05, 3.63) is 0 Å². The van der Waals surface area contributed by atoms with Crippen molar-refractivity contribution in [1.82, 2.24) is 0 Å². The number of hydrogen-bond donors (Lipinski definition) is 1. The number of alkyl halides is 3. The number of hydrogen-bond acceptors (Lipinski definition) is 2. The lowest BCUT2D eigenvalue weighted by atomic mass is 9.83. The van der Waals surface area contributed by atoms with Crippen LogP contribution in [-0.2, 0) is 9.53 Å². The van der Waals surface area contributed by atoms with Crippen LogP contribution in [0, 0.1) is 5.41 Å². The molecule has 0 aromatic rings. The first-order valence-corrected chi connectivity index (χ1v) is 5.09. The van der Waals surface area contributed by atoms with E-state index in [9.17, 15) is 18.0 Å². The van der Waals surface area contributed by atoms with E-state index in [2.05, 4.69) is 0 Å². The van der Waals surface area contributed by atoms with Crippen LogP contribution in [0.15, 0.2) is 0 Å². The zero-order chi connectivity index (χ0) is 13.0. The van der Waals surface area contributed by atoms with Gasteiger partial charge in [-0.1, -0.05) is 13.3 Å². The Morgan fingerprint density at radius 3 is 2.12 bits per heavy atom. The third-order valence-electron chi connectivity index (χ3n) is 2.29. The van der Waals surface area contributed by atoms with Crippen LogP contribution >= 0.6 is 0 Å². The summed E-state index contributed by atoms with van der Waals surface area (Å²) in [6.45, 7) is 3.81. The fourth-order valence-electron chi connectivity index (χ4n) is 1.32. The zero-order valence-corrected chi connectivity index (χ0v) is 9.60. The summed E-state index contributed by atoms with van der Waals surface area (Å²) in [5.41, 5.74) is -2.79. The predicted molar refractivity (Wildman–Crippen MR) is 52.1 cm³/mol. The lowest BCUT2D eigenvalue weighted by Crippen LogP contribution is -2.49. The molecular formula is C10H17F3O3. The van der Waals surface area contributed by atoms with Crippen molar-refractivity contribution in [3.8, 4) is 0 Å². The van der Waals surface area contributed by atoms with Gasteiger partial charge in [0.05, 0.1) is 12.7 Å². The minimum Gasteiger partial charge on any atom is -0.481 e. The minimum absolute atomic E-state index is 0.132. The van der Waals surface area contributed by atoms with Crippen LogP contribution in [0.25, 0.3) is 0 Å². The lowest BCUT2D eigenvalue weighted by molar-refractivity contribution is -0.248. The molecule has 3 nitrogen and oxygen atoms in total. The first-order valence-electron chi connectivity index (χ1n) is 5.09. The van der Waals surface area contributed by atoms with Gasteiger partial charge < -0.3 is 9.84 Å². The second-order valence-corrected chi connectivity index (χ2v) is 3.99. The molecule has 6 heteroatoms. The quantitative estimate of drug-likeness (QED) is 0.779. The van der Waals surface area contributed by atoms with E-state index in [1.165, 1.54) is 6.92 Å². The normalized spacial score (nSPS) is 16.2. The summed E-state index contributed by atoms with van der Waals surface area (Å²) in [5, 5.41) is 8.80. The molecule has 0 rings (SSSR count). The van der Waals surface area contributed by atoms with Crippen LogP contribution in [0.4, 0.5) is 13.2 Å². The highest BCUT2D eigenvalue weighted by Gasteiger charge is 2.60. The van der Waals surface area contributed by atoms with Crippen molar-refractivity contribution in [2.24, 2.45) is 5.41 Å². The number of carbonyl (C=O) groups is 1. The topological polar surface area (TPSA) is 46.5 Å². The van der Waals surface area contributed by atoms with Crippen LogP contribution < -0.4 is 0 Å². The average Bonchev–Trinajstić information content (AvgIpc) is 2.09. The molecule has 1 atom stereocenters. The van der Waals surface area contributed by atoms with Gasteiger partial charge in [-0.05, 0) is 20.3 Å². The predicted octanol–water partition coefficient (Wildman–Crippen LogP) is 2.84. The Labute approximate surface area is 92.6 Å². The second kappa shape index (κ2) is 5.52. The van der Waals surface area contributed by atoms with Gasteiger partial charge in [-0.25, -0.2) is 0 Å². The Kier molecular flexibility index (Phi) is 5.25. The Morgan fingerprint density at radius 1 is 1.38 bits per heavy atom. The third kappa shape index (κ3) is 3.37. The SMILES string of the molecule is CCCC(COC(C)C)(C(=O)O)C(F)(F)F. The Morgan fingerprint density at radius 2 is 1.88 bits per heavy atom. The van der Waals surface area contributed by atoms with Gasteiger partial charge in [0.2, 0.25) is 0 Å². The van der Waals surface area contributed by atoms with Gasteiger partial charge in [0.15, 0.2) is 5.41 Å². The fourth-order valence-corrected chi connectivity index (χ4v) is 1.32. The molecule has 0 spiro atoms. The standard InChI is InChI=1S/C10H17F3O3/c1-4-5-9(8(14)15,10(11,12)13)6-16-7(2)3/h7H,4-6H2,1-3H3,(H,14,15). The second-order valence-electron chi connectivity index (χ2n) is 3.99. The van der Waals surface area contributed by atoms with Gasteiger partial charge in [0, 0.05) is 0 Å². The van der Waals surface area contributed by atoms with E-state index >= 15 is 0 Å². The molecule has 0 aliphatic rings. The van der Waals surface area contributed by atoms with E-state index in [1.807, 2.05) is 0 Å². The van der Waals surface area contributed by atoms with Gasteiger partial charge >= 0.3 is 12.1 Å². The van der Waals surface area contributed by atoms with E-state index < -0.39 is 36.7 Å². The molecular weight excluding hydrogens is 225 g/mol. The van der Waals surface area contributed by atoms with Crippen LogP contribution in [0.5, 0.6) is 0 Å². The molecule has 0 aliphatic carbocycles. The van der Waals surface area contributed by atoms with Gasteiger partial charge in [-0.2, -0.15) is 13.2 Å². The first kappa shape index (κ1) is 15.2. The van der Waals surface area contributed by atoms with Crippen molar-refractivity contribution >= 4 is 5.97 Å². The molecule has 0 amide bonds. The number of rotatable bonds is 6. The van der Waals surface area contributed by atoms with E-state index in [4.69, 9.17) is 9.84 Å². The van der Waals surface area contributed by atoms with Crippen molar-refractivity contribution in [3.63, 3.8) is 0 Å². The molecule has 0 aromatic heterocycles. The molecule has 0 bridgehead atoms. The highest BCUT2D eigenvalue weighted by atomic mass is 19.4. The van der Waals surface area contributed by atoms with Gasteiger partial charge in [-0.3, -0.25) is 4.79 Å². The summed E-state index contributed by atoms with van der Waals surface area (Å²) in [7, 11) is 0. The molecule has 16 heavy (non-hydrogen) atoms. The molecule has 1 unspecified atom stereocenters. The number of halogens is 3. The summed E-state index contributed by atoms with van der Waals surface area (Å²) in [6.07, 6.45) is -5.58. The first-order chi connectivity index (χ1) is 7.17. The third-order valence-corrected chi connectivity index (χ3v) is 2.29. The van der Waals surface area contributed by atoms with E-state index in [0.29, 0.717) is 0 Å². The smallest absolute Gasteiger partial charge is 0.407 e. The molecule has 0 saturated carbocycles. The summed E-state index contributed by atoms with van der Waals surface area (Å²) >= 11 is 0. The van der Waals surface area contributed by atoms with Gasteiger partial charge in [0.1, 0.15) is 0 Å². The minimum atomic E-state index is -4.80. The van der Waals surface area contributed by atoms with Crippen molar-refractivity contribution < 1.29 is 27.8 Å².